The van der Waals surface area contributed by atoms with Crippen molar-refractivity contribution in [3.8, 4) is 5.88 Å². The second kappa shape index (κ2) is 9.02. The highest BCUT2D eigenvalue weighted by Crippen LogP contribution is 2.25. The molecule has 7 nitrogen and oxygen atoms in total. The molecule has 0 aromatic carbocycles. The summed E-state index contributed by atoms with van der Waals surface area (Å²) in [6.07, 6.45) is -0.232. The van der Waals surface area contributed by atoms with Gasteiger partial charge in [0.05, 0.1) is 18.8 Å². The van der Waals surface area contributed by atoms with Gasteiger partial charge in [-0.3, -0.25) is 0 Å². The van der Waals surface area contributed by atoms with Gasteiger partial charge in [0, 0.05) is 11.6 Å². The van der Waals surface area contributed by atoms with E-state index in [1.165, 1.54) is 12.3 Å². The van der Waals surface area contributed by atoms with Gasteiger partial charge in [0.1, 0.15) is 0 Å². The molecule has 3 N–H and O–H groups in total. The zero-order valence-corrected chi connectivity index (χ0v) is 13.2. The number of pyridine rings is 1. The maximum Gasteiger partial charge on any atom is 0.223 e. The lowest BCUT2D eigenvalue weighted by Crippen LogP contribution is -2.32. The fourth-order valence-electron chi connectivity index (χ4n) is 1.50. The van der Waals surface area contributed by atoms with Crippen molar-refractivity contribution in [2.24, 2.45) is 5.41 Å². The summed E-state index contributed by atoms with van der Waals surface area (Å²) in [5.41, 5.74) is -0.140. The summed E-state index contributed by atoms with van der Waals surface area (Å²) in [6, 6.07) is 3.08. The van der Waals surface area contributed by atoms with E-state index in [4.69, 9.17) is 24.4 Å². The molecule has 0 spiro atoms. The maximum absolute atomic E-state index is 9.83. The van der Waals surface area contributed by atoms with Gasteiger partial charge in [-0.2, -0.15) is 0 Å². The number of hydrogen-bond donors (Lipinski definition) is 3. The number of aliphatic hydroxyl groups is 3. The number of nitrogens with zero attached hydrogens (tertiary/aromatic N) is 1. The quantitative estimate of drug-likeness (QED) is 0.440. The number of ether oxygens (including phenoxy) is 3. The summed E-state index contributed by atoms with van der Waals surface area (Å²) in [5.74, 6) is 0.102. The van der Waals surface area contributed by atoms with Gasteiger partial charge in [-0.15, -0.1) is 0 Å². The fourth-order valence-corrected chi connectivity index (χ4v) is 1.50. The lowest BCUT2D eigenvalue weighted by Gasteiger charge is -2.28. The monoisotopic (exact) mass is 315 g/mol. The van der Waals surface area contributed by atoms with Gasteiger partial charge in [0.2, 0.25) is 5.88 Å². The van der Waals surface area contributed by atoms with Crippen LogP contribution in [-0.4, -0.2) is 46.6 Å². The van der Waals surface area contributed by atoms with Crippen molar-refractivity contribution in [2.75, 3.05) is 20.0 Å². The van der Waals surface area contributed by atoms with Crippen LogP contribution in [0.4, 0.5) is 0 Å². The Balaban J connectivity index is 2.24. The van der Waals surface area contributed by atoms with E-state index in [-0.39, 0.29) is 36.9 Å². The maximum atomic E-state index is 9.83. The first-order valence-corrected chi connectivity index (χ1v) is 7.19. The molecule has 0 amide bonds. The molecule has 0 saturated heterocycles. The highest BCUT2D eigenvalue weighted by Gasteiger charge is 2.26. The highest BCUT2D eigenvalue weighted by molar-refractivity contribution is 5.26. The Morgan fingerprint density at radius 2 is 1.95 bits per heavy atom. The minimum absolute atomic E-state index is 0.102. The normalized spacial score (nSPS) is 13.4. The lowest BCUT2D eigenvalue weighted by atomic mass is 9.90. The minimum Gasteiger partial charge on any atom is -0.450 e. The van der Waals surface area contributed by atoms with Crippen LogP contribution in [0.3, 0.4) is 0 Å². The largest absolute Gasteiger partial charge is 0.450 e. The first-order valence-electron chi connectivity index (χ1n) is 7.19. The van der Waals surface area contributed by atoms with Crippen molar-refractivity contribution in [1.29, 1.82) is 0 Å². The molecule has 0 aliphatic carbocycles. The van der Waals surface area contributed by atoms with E-state index < -0.39 is 12.6 Å². The minimum atomic E-state index is -1.65. The Kier molecular flexibility index (Phi) is 7.70. The Bertz CT molecular complexity index is 438. The topological polar surface area (TPSA) is 101 Å². The third-order valence-corrected chi connectivity index (χ3v) is 3.44. The van der Waals surface area contributed by atoms with E-state index in [9.17, 15) is 5.11 Å². The third kappa shape index (κ3) is 5.86. The zero-order valence-electron chi connectivity index (χ0n) is 13.2. The summed E-state index contributed by atoms with van der Waals surface area (Å²) in [7, 11) is 0. The van der Waals surface area contributed by atoms with Gasteiger partial charge in [0.15, 0.2) is 19.4 Å². The molecule has 0 aliphatic heterocycles. The number of aromatic nitrogens is 1. The smallest absolute Gasteiger partial charge is 0.223 e. The summed E-state index contributed by atoms with van der Waals surface area (Å²) in [5, 5.41) is 28.1. The number of rotatable bonds is 10. The van der Waals surface area contributed by atoms with Crippen LogP contribution in [0.25, 0.3) is 0 Å². The second-order valence-electron chi connectivity index (χ2n) is 5.51. The van der Waals surface area contributed by atoms with E-state index in [2.05, 4.69) is 4.98 Å². The van der Waals surface area contributed by atoms with Crippen LogP contribution in [0, 0.1) is 5.41 Å². The molecule has 126 valence electrons. The molecule has 1 atom stereocenters. The van der Waals surface area contributed by atoms with Crippen LogP contribution in [-0.2, 0) is 9.47 Å². The number of hydrogen-bond acceptors (Lipinski definition) is 7. The Morgan fingerprint density at radius 3 is 2.59 bits per heavy atom. The third-order valence-electron chi connectivity index (χ3n) is 3.44. The standard InChI is InChI=1S/C15H25NO6/c1-4-15(2,3)14(19)21-9-8-20-10-22-12-11(13(17)18)6-5-7-16-12/h5-7,13-14,17-19H,4,8-10H2,1-3H3. The first-order chi connectivity index (χ1) is 10.4. The predicted molar refractivity (Wildman–Crippen MR) is 78.9 cm³/mol. The summed E-state index contributed by atoms with van der Waals surface area (Å²) < 4.78 is 15.7. The Labute approximate surface area is 130 Å². The van der Waals surface area contributed by atoms with E-state index in [1.54, 1.807) is 6.07 Å². The van der Waals surface area contributed by atoms with Crippen molar-refractivity contribution in [1.82, 2.24) is 4.98 Å². The average Bonchev–Trinajstić information content (AvgIpc) is 2.50. The van der Waals surface area contributed by atoms with E-state index >= 15 is 0 Å². The van der Waals surface area contributed by atoms with Gasteiger partial charge in [-0.25, -0.2) is 4.98 Å². The van der Waals surface area contributed by atoms with Crippen LogP contribution in [0.5, 0.6) is 5.88 Å². The number of aliphatic hydroxyl groups excluding tert-OH is 2. The molecular formula is C15H25NO6. The Hall–Kier alpha value is -1.25. The SMILES string of the molecule is CCC(C)(C)C(O)OCCOCOc1ncccc1C(O)O. The van der Waals surface area contributed by atoms with Crippen LogP contribution in [0.1, 0.15) is 39.0 Å². The summed E-state index contributed by atoms with van der Waals surface area (Å²) in [6.45, 7) is 6.19. The van der Waals surface area contributed by atoms with Gasteiger partial charge < -0.3 is 29.5 Å². The molecule has 0 aliphatic rings. The van der Waals surface area contributed by atoms with Crippen LogP contribution >= 0.6 is 0 Å². The second-order valence-corrected chi connectivity index (χ2v) is 5.51. The van der Waals surface area contributed by atoms with Gasteiger partial charge in [-0.05, 0) is 18.6 Å². The molecule has 0 fully saturated rings. The predicted octanol–water partition coefficient (Wildman–Crippen LogP) is 1.19. The van der Waals surface area contributed by atoms with Crippen molar-refractivity contribution in [3.05, 3.63) is 23.9 Å². The fraction of sp³-hybridized carbons (Fsp3) is 0.667. The van der Waals surface area contributed by atoms with Crippen molar-refractivity contribution in [2.45, 2.75) is 39.8 Å². The van der Waals surface area contributed by atoms with Crippen LogP contribution in [0.2, 0.25) is 0 Å². The van der Waals surface area contributed by atoms with E-state index in [1.807, 2.05) is 20.8 Å². The molecule has 22 heavy (non-hydrogen) atoms. The van der Waals surface area contributed by atoms with Crippen LogP contribution < -0.4 is 4.74 Å². The molecule has 0 bridgehead atoms. The molecule has 0 saturated carbocycles. The molecule has 1 aromatic rings. The highest BCUT2D eigenvalue weighted by atomic mass is 16.7. The van der Waals surface area contributed by atoms with E-state index in [0.29, 0.717) is 0 Å². The van der Waals surface area contributed by atoms with Crippen molar-refractivity contribution < 1.29 is 29.5 Å². The van der Waals surface area contributed by atoms with Crippen molar-refractivity contribution in [3.63, 3.8) is 0 Å². The van der Waals surface area contributed by atoms with Gasteiger partial charge in [-0.1, -0.05) is 20.8 Å². The summed E-state index contributed by atoms with van der Waals surface area (Å²) in [4.78, 5) is 3.90. The first kappa shape index (κ1) is 18.8. The molecular weight excluding hydrogens is 290 g/mol. The summed E-state index contributed by atoms with van der Waals surface area (Å²) >= 11 is 0. The molecule has 1 aromatic heterocycles. The Morgan fingerprint density at radius 1 is 1.23 bits per heavy atom. The molecule has 0 radical (unpaired) electrons. The molecule has 1 unspecified atom stereocenters. The molecule has 1 heterocycles. The lowest BCUT2D eigenvalue weighted by molar-refractivity contribution is -0.175. The van der Waals surface area contributed by atoms with E-state index in [0.717, 1.165) is 6.42 Å². The van der Waals surface area contributed by atoms with Crippen molar-refractivity contribution >= 4 is 0 Å². The zero-order chi connectivity index (χ0) is 16.6. The average molecular weight is 315 g/mol. The van der Waals surface area contributed by atoms with Gasteiger partial charge >= 0.3 is 0 Å². The molecule has 1 rings (SSSR count). The van der Waals surface area contributed by atoms with Gasteiger partial charge in [0.25, 0.3) is 0 Å². The van der Waals surface area contributed by atoms with Crippen LogP contribution in [0.15, 0.2) is 18.3 Å². The molecule has 7 heteroatoms.